The van der Waals surface area contributed by atoms with Crippen molar-refractivity contribution in [1.29, 1.82) is 0 Å². The van der Waals surface area contributed by atoms with Crippen molar-refractivity contribution in [3.8, 4) is 0 Å². The minimum atomic E-state index is -1.63. The second kappa shape index (κ2) is 4.42. The number of carboxylic acid groups (broad SMARTS) is 1. The maximum Gasteiger partial charge on any atom is 0.335 e. The van der Waals surface area contributed by atoms with E-state index in [1.807, 2.05) is 12.1 Å². The van der Waals surface area contributed by atoms with Crippen LogP contribution in [0.1, 0.15) is 24.5 Å². The first kappa shape index (κ1) is 12.6. The number of hydrogen-bond acceptors (Lipinski definition) is 2. The third-order valence-corrected chi connectivity index (χ3v) is 4.12. The summed E-state index contributed by atoms with van der Waals surface area (Å²) < 4.78 is 1.04. The van der Waals surface area contributed by atoms with E-state index in [1.54, 1.807) is 0 Å². The van der Waals surface area contributed by atoms with Crippen LogP contribution in [-0.2, 0) is 17.6 Å². The Morgan fingerprint density at radius 1 is 1.47 bits per heavy atom. The Morgan fingerprint density at radius 3 is 2.82 bits per heavy atom. The molecular formula is C13H15BrO3. The van der Waals surface area contributed by atoms with Crippen molar-refractivity contribution in [2.24, 2.45) is 5.92 Å². The fraction of sp³-hybridized carbons (Fsp3) is 0.462. The molecule has 0 saturated heterocycles. The highest BCUT2D eigenvalue weighted by Crippen LogP contribution is 2.33. The summed E-state index contributed by atoms with van der Waals surface area (Å²) in [6, 6.07) is 6.03. The molecule has 0 bridgehead atoms. The van der Waals surface area contributed by atoms with E-state index in [0.717, 1.165) is 16.5 Å². The number of carboxylic acids is 1. The lowest BCUT2D eigenvalue weighted by Gasteiger charge is -2.33. The van der Waals surface area contributed by atoms with Crippen LogP contribution in [0.15, 0.2) is 22.7 Å². The van der Waals surface area contributed by atoms with Crippen LogP contribution >= 0.6 is 15.9 Å². The number of rotatable bonds is 2. The smallest absolute Gasteiger partial charge is 0.335 e. The minimum absolute atomic E-state index is 0.214. The van der Waals surface area contributed by atoms with Gasteiger partial charge in [-0.2, -0.15) is 0 Å². The van der Waals surface area contributed by atoms with Gasteiger partial charge in [0.25, 0.3) is 0 Å². The van der Waals surface area contributed by atoms with Crippen LogP contribution in [0, 0.1) is 5.92 Å². The Balaban J connectivity index is 2.25. The average Bonchev–Trinajstić information content (AvgIpc) is 2.28. The zero-order chi connectivity index (χ0) is 12.6. The first-order valence-corrected chi connectivity index (χ1v) is 6.43. The highest BCUT2D eigenvalue weighted by molar-refractivity contribution is 9.10. The zero-order valence-corrected chi connectivity index (χ0v) is 11.2. The maximum atomic E-state index is 11.0. The number of halogens is 1. The van der Waals surface area contributed by atoms with E-state index in [1.165, 1.54) is 12.5 Å². The molecule has 1 aliphatic rings. The quantitative estimate of drug-likeness (QED) is 0.881. The summed E-state index contributed by atoms with van der Waals surface area (Å²) in [5, 5.41) is 19.0. The number of benzene rings is 1. The molecule has 1 aliphatic carbocycles. The highest BCUT2D eigenvalue weighted by atomic mass is 79.9. The summed E-state index contributed by atoms with van der Waals surface area (Å²) in [6.45, 7) is 1.39. The molecule has 2 N–H and O–H groups in total. The van der Waals surface area contributed by atoms with Gasteiger partial charge in [-0.05, 0) is 49.4 Å². The molecule has 0 heterocycles. The molecule has 0 spiro atoms. The summed E-state index contributed by atoms with van der Waals surface area (Å²) in [7, 11) is 0. The molecule has 3 nitrogen and oxygen atoms in total. The molecule has 1 aromatic rings. The minimum Gasteiger partial charge on any atom is -0.479 e. The lowest BCUT2D eigenvalue weighted by atomic mass is 9.75. The SMILES string of the molecule is CC(O)(C(=O)O)C1CCc2cc(Br)ccc2C1. The number of aliphatic carboxylic acids is 1. The molecule has 0 amide bonds. The largest absolute Gasteiger partial charge is 0.479 e. The van der Waals surface area contributed by atoms with Crippen LogP contribution < -0.4 is 0 Å². The van der Waals surface area contributed by atoms with Gasteiger partial charge in [0, 0.05) is 10.4 Å². The molecule has 17 heavy (non-hydrogen) atoms. The van der Waals surface area contributed by atoms with E-state index >= 15 is 0 Å². The normalized spacial score (nSPS) is 22.6. The lowest BCUT2D eigenvalue weighted by Crippen LogP contribution is -2.45. The van der Waals surface area contributed by atoms with Gasteiger partial charge in [0.05, 0.1) is 0 Å². The van der Waals surface area contributed by atoms with E-state index in [-0.39, 0.29) is 5.92 Å². The van der Waals surface area contributed by atoms with Gasteiger partial charge < -0.3 is 10.2 Å². The first-order chi connectivity index (χ1) is 7.91. The number of hydrogen-bond donors (Lipinski definition) is 2. The number of aryl methyl sites for hydroxylation is 1. The van der Waals surface area contributed by atoms with Crippen molar-refractivity contribution < 1.29 is 15.0 Å². The van der Waals surface area contributed by atoms with Crippen LogP contribution in [-0.4, -0.2) is 21.8 Å². The Hall–Kier alpha value is -0.870. The van der Waals surface area contributed by atoms with E-state index < -0.39 is 11.6 Å². The summed E-state index contributed by atoms with van der Waals surface area (Å²) in [6.07, 6.45) is 2.16. The maximum absolute atomic E-state index is 11.0. The lowest BCUT2D eigenvalue weighted by molar-refractivity contribution is -0.163. The molecule has 2 unspecified atom stereocenters. The van der Waals surface area contributed by atoms with Gasteiger partial charge in [-0.15, -0.1) is 0 Å². The van der Waals surface area contributed by atoms with Crippen LogP contribution in [0.4, 0.5) is 0 Å². The van der Waals surface area contributed by atoms with Gasteiger partial charge in [0.2, 0.25) is 0 Å². The molecule has 0 aromatic heterocycles. The second-order valence-electron chi connectivity index (χ2n) is 4.81. The predicted octanol–water partition coefficient (Wildman–Crippen LogP) is 2.39. The van der Waals surface area contributed by atoms with E-state index in [9.17, 15) is 9.90 Å². The van der Waals surface area contributed by atoms with Crippen molar-refractivity contribution in [2.75, 3.05) is 0 Å². The van der Waals surface area contributed by atoms with E-state index in [0.29, 0.717) is 12.8 Å². The molecule has 0 radical (unpaired) electrons. The molecule has 1 aromatic carbocycles. The van der Waals surface area contributed by atoms with Crippen LogP contribution in [0.2, 0.25) is 0 Å². The van der Waals surface area contributed by atoms with Crippen LogP contribution in [0.5, 0.6) is 0 Å². The summed E-state index contributed by atoms with van der Waals surface area (Å²) >= 11 is 3.42. The van der Waals surface area contributed by atoms with Crippen molar-refractivity contribution in [3.63, 3.8) is 0 Å². The van der Waals surface area contributed by atoms with Crippen LogP contribution in [0.25, 0.3) is 0 Å². The number of aliphatic hydroxyl groups is 1. The molecule has 0 fully saturated rings. The molecule has 0 aliphatic heterocycles. The molecule has 2 atom stereocenters. The third kappa shape index (κ3) is 2.38. The molecule has 0 saturated carbocycles. The summed E-state index contributed by atoms with van der Waals surface area (Å²) in [4.78, 5) is 11.0. The topological polar surface area (TPSA) is 57.5 Å². The fourth-order valence-electron chi connectivity index (χ4n) is 2.38. The standard InChI is InChI=1S/C13H15BrO3/c1-13(17,12(15)16)10-4-2-9-7-11(14)5-3-8(9)6-10/h3,5,7,10,17H,2,4,6H2,1H3,(H,15,16). The highest BCUT2D eigenvalue weighted by Gasteiger charge is 2.40. The van der Waals surface area contributed by atoms with Gasteiger partial charge >= 0.3 is 5.97 Å². The van der Waals surface area contributed by atoms with Crippen molar-refractivity contribution in [1.82, 2.24) is 0 Å². The Kier molecular flexibility index (Phi) is 3.27. The van der Waals surface area contributed by atoms with Gasteiger partial charge in [-0.25, -0.2) is 4.79 Å². The van der Waals surface area contributed by atoms with Crippen molar-refractivity contribution in [3.05, 3.63) is 33.8 Å². The summed E-state index contributed by atoms with van der Waals surface area (Å²) in [5.41, 5.74) is 0.757. The van der Waals surface area contributed by atoms with Gasteiger partial charge in [-0.1, -0.05) is 22.0 Å². The molecule has 2 rings (SSSR count). The van der Waals surface area contributed by atoms with Crippen molar-refractivity contribution >= 4 is 21.9 Å². The molecular weight excluding hydrogens is 284 g/mol. The Labute approximate surface area is 109 Å². The predicted molar refractivity (Wildman–Crippen MR) is 67.9 cm³/mol. The number of fused-ring (bicyclic) bond motifs is 1. The van der Waals surface area contributed by atoms with Gasteiger partial charge in [-0.3, -0.25) is 0 Å². The van der Waals surface area contributed by atoms with Crippen molar-refractivity contribution in [2.45, 2.75) is 31.8 Å². The monoisotopic (exact) mass is 298 g/mol. The summed E-state index contributed by atoms with van der Waals surface area (Å²) in [5.74, 6) is -1.35. The van der Waals surface area contributed by atoms with E-state index in [4.69, 9.17) is 5.11 Å². The second-order valence-corrected chi connectivity index (χ2v) is 5.72. The fourth-order valence-corrected chi connectivity index (χ4v) is 2.79. The number of carbonyl (C=O) groups is 1. The van der Waals surface area contributed by atoms with Gasteiger partial charge in [0.1, 0.15) is 0 Å². The zero-order valence-electron chi connectivity index (χ0n) is 9.61. The Bertz CT molecular complexity index is 454. The third-order valence-electron chi connectivity index (χ3n) is 3.62. The Morgan fingerprint density at radius 2 is 2.18 bits per heavy atom. The molecule has 92 valence electrons. The molecule has 4 heteroatoms. The van der Waals surface area contributed by atoms with Crippen LogP contribution in [0.3, 0.4) is 0 Å². The van der Waals surface area contributed by atoms with E-state index in [2.05, 4.69) is 22.0 Å². The first-order valence-electron chi connectivity index (χ1n) is 5.64. The van der Waals surface area contributed by atoms with Gasteiger partial charge in [0.15, 0.2) is 5.60 Å². The average molecular weight is 299 g/mol.